The summed E-state index contributed by atoms with van der Waals surface area (Å²) in [5, 5.41) is 20.1. The molecule has 2 heterocycles. The molecule has 0 aromatic carbocycles. The van der Waals surface area contributed by atoms with Gasteiger partial charge in [-0.1, -0.05) is 19.3 Å². The number of nitrogens with zero attached hydrogens (tertiary/aromatic N) is 5. The molecule has 0 atom stereocenters. The van der Waals surface area contributed by atoms with E-state index in [0.29, 0.717) is 12.6 Å². The number of nitrogens with one attached hydrogen (secondary N) is 1. The zero-order valence-corrected chi connectivity index (χ0v) is 14.9. The first-order chi connectivity index (χ1) is 12.3. The van der Waals surface area contributed by atoms with Gasteiger partial charge in [0.05, 0.1) is 6.54 Å². The topological polar surface area (TPSA) is 86.5 Å². The Labute approximate surface area is 149 Å². The SMILES string of the molecule is O=C(NCc1nncn1C1CCCCC1)N1CCN(CCCO)CC1. The van der Waals surface area contributed by atoms with Crippen LogP contribution in [0.4, 0.5) is 4.79 Å². The Morgan fingerprint density at radius 2 is 1.96 bits per heavy atom. The molecule has 2 amide bonds. The molecule has 8 nitrogen and oxygen atoms in total. The molecule has 1 aromatic rings. The second-order valence-corrected chi connectivity index (χ2v) is 7.01. The highest BCUT2D eigenvalue weighted by Gasteiger charge is 2.22. The molecule has 140 valence electrons. The minimum absolute atomic E-state index is 0.0278. The van der Waals surface area contributed by atoms with Crippen LogP contribution in [0.5, 0.6) is 0 Å². The molecule has 1 saturated carbocycles. The fraction of sp³-hybridized carbons (Fsp3) is 0.824. The minimum Gasteiger partial charge on any atom is -0.396 e. The van der Waals surface area contributed by atoms with E-state index in [4.69, 9.17) is 5.11 Å². The predicted octanol–water partition coefficient (Wildman–Crippen LogP) is 0.993. The van der Waals surface area contributed by atoms with Crippen molar-refractivity contribution < 1.29 is 9.90 Å². The largest absolute Gasteiger partial charge is 0.396 e. The van der Waals surface area contributed by atoms with E-state index in [2.05, 4.69) is 25.0 Å². The lowest BCUT2D eigenvalue weighted by atomic mass is 9.95. The number of piperazine rings is 1. The van der Waals surface area contributed by atoms with Crippen LogP contribution in [0.1, 0.15) is 50.4 Å². The van der Waals surface area contributed by atoms with Crippen molar-refractivity contribution in [1.82, 2.24) is 29.9 Å². The Hall–Kier alpha value is -1.67. The van der Waals surface area contributed by atoms with Gasteiger partial charge in [-0.3, -0.25) is 4.90 Å². The third-order valence-corrected chi connectivity index (χ3v) is 5.31. The van der Waals surface area contributed by atoms with Gasteiger partial charge in [-0.25, -0.2) is 4.79 Å². The van der Waals surface area contributed by atoms with E-state index in [1.807, 2.05) is 4.90 Å². The van der Waals surface area contributed by atoms with Crippen LogP contribution in [0.15, 0.2) is 6.33 Å². The summed E-state index contributed by atoms with van der Waals surface area (Å²) in [6.45, 7) is 4.75. The van der Waals surface area contributed by atoms with Gasteiger partial charge in [0.1, 0.15) is 6.33 Å². The van der Waals surface area contributed by atoms with E-state index >= 15 is 0 Å². The number of urea groups is 1. The van der Waals surface area contributed by atoms with Crippen molar-refractivity contribution in [3.05, 3.63) is 12.2 Å². The predicted molar refractivity (Wildman–Crippen MR) is 94.1 cm³/mol. The third-order valence-electron chi connectivity index (χ3n) is 5.31. The Bertz CT molecular complexity index is 535. The molecule has 1 aliphatic heterocycles. The number of hydrogen-bond donors (Lipinski definition) is 2. The number of carbonyl (C=O) groups is 1. The van der Waals surface area contributed by atoms with E-state index in [1.54, 1.807) is 6.33 Å². The first-order valence-electron chi connectivity index (χ1n) is 9.52. The van der Waals surface area contributed by atoms with Crippen molar-refractivity contribution in [2.45, 2.75) is 51.1 Å². The maximum Gasteiger partial charge on any atom is 0.317 e. The second kappa shape index (κ2) is 9.15. The molecule has 2 aliphatic rings. The van der Waals surface area contributed by atoms with E-state index in [-0.39, 0.29) is 12.6 Å². The van der Waals surface area contributed by atoms with Gasteiger partial charge in [-0.15, -0.1) is 10.2 Å². The van der Waals surface area contributed by atoms with Gasteiger partial charge in [-0.05, 0) is 19.3 Å². The van der Waals surface area contributed by atoms with Crippen molar-refractivity contribution in [3.8, 4) is 0 Å². The maximum atomic E-state index is 12.4. The normalized spacial score (nSPS) is 20.0. The molecule has 1 aromatic heterocycles. The number of hydrogen-bond acceptors (Lipinski definition) is 5. The molecule has 1 saturated heterocycles. The van der Waals surface area contributed by atoms with Crippen LogP contribution in [0.2, 0.25) is 0 Å². The maximum absolute atomic E-state index is 12.4. The van der Waals surface area contributed by atoms with Crippen molar-refractivity contribution in [1.29, 1.82) is 0 Å². The van der Waals surface area contributed by atoms with Crippen LogP contribution in [0.25, 0.3) is 0 Å². The van der Waals surface area contributed by atoms with Gasteiger partial charge in [0.15, 0.2) is 5.82 Å². The van der Waals surface area contributed by atoms with Crippen LogP contribution < -0.4 is 5.32 Å². The summed E-state index contributed by atoms with van der Waals surface area (Å²) in [4.78, 5) is 16.5. The first-order valence-corrected chi connectivity index (χ1v) is 9.52. The Kier molecular flexibility index (Phi) is 6.63. The van der Waals surface area contributed by atoms with Gasteiger partial charge in [0.2, 0.25) is 0 Å². The summed E-state index contributed by atoms with van der Waals surface area (Å²) in [7, 11) is 0. The molecule has 2 N–H and O–H groups in total. The van der Waals surface area contributed by atoms with Crippen molar-refractivity contribution in [3.63, 3.8) is 0 Å². The van der Waals surface area contributed by atoms with Gasteiger partial charge in [0.25, 0.3) is 0 Å². The number of carbonyl (C=O) groups excluding carboxylic acids is 1. The minimum atomic E-state index is -0.0278. The number of aliphatic hydroxyl groups excluding tert-OH is 1. The van der Waals surface area contributed by atoms with Gasteiger partial charge in [-0.2, -0.15) is 0 Å². The molecule has 0 bridgehead atoms. The van der Waals surface area contributed by atoms with E-state index in [1.165, 1.54) is 32.1 Å². The lowest BCUT2D eigenvalue weighted by Gasteiger charge is -2.34. The Morgan fingerprint density at radius 1 is 1.20 bits per heavy atom. The zero-order chi connectivity index (χ0) is 17.5. The summed E-state index contributed by atoms with van der Waals surface area (Å²) < 4.78 is 2.15. The molecule has 3 rings (SSSR count). The molecule has 0 spiro atoms. The third kappa shape index (κ3) is 4.92. The molecule has 2 fully saturated rings. The second-order valence-electron chi connectivity index (χ2n) is 7.01. The summed E-state index contributed by atoms with van der Waals surface area (Å²) in [6.07, 6.45) is 8.78. The van der Waals surface area contributed by atoms with Crippen LogP contribution in [0, 0.1) is 0 Å². The quantitative estimate of drug-likeness (QED) is 0.799. The number of rotatable bonds is 6. The Balaban J connectivity index is 1.45. The number of aromatic nitrogens is 3. The van der Waals surface area contributed by atoms with Crippen molar-refractivity contribution in [2.24, 2.45) is 0 Å². The van der Waals surface area contributed by atoms with E-state index < -0.39 is 0 Å². The van der Waals surface area contributed by atoms with Crippen molar-refractivity contribution >= 4 is 6.03 Å². The molecule has 0 unspecified atom stereocenters. The lowest BCUT2D eigenvalue weighted by Crippen LogP contribution is -2.51. The van der Waals surface area contributed by atoms with E-state index in [9.17, 15) is 4.79 Å². The average Bonchev–Trinajstić information content (AvgIpc) is 3.14. The standard InChI is InChI=1S/C17H30N6O2/c24-12-4-7-21-8-10-22(11-9-21)17(25)18-13-16-20-19-14-23(16)15-5-2-1-3-6-15/h14-15,24H,1-13H2,(H,18,25). The highest BCUT2D eigenvalue weighted by atomic mass is 16.3. The molecule has 25 heavy (non-hydrogen) atoms. The summed E-state index contributed by atoms with van der Waals surface area (Å²) in [5.41, 5.74) is 0. The van der Waals surface area contributed by atoms with Gasteiger partial charge in [0, 0.05) is 45.4 Å². The molecular formula is C17H30N6O2. The highest BCUT2D eigenvalue weighted by molar-refractivity contribution is 5.74. The fourth-order valence-corrected chi connectivity index (χ4v) is 3.79. The number of aliphatic hydroxyl groups is 1. The van der Waals surface area contributed by atoms with Crippen molar-refractivity contribution in [2.75, 3.05) is 39.3 Å². The first kappa shape index (κ1) is 18.1. The fourth-order valence-electron chi connectivity index (χ4n) is 3.79. The van der Waals surface area contributed by atoms with Crippen LogP contribution in [-0.2, 0) is 6.54 Å². The molecular weight excluding hydrogens is 320 g/mol. The van der Waals surface area contributed by atoms with Crippen LogP contribution >= 0.6 is 0 Å². The summed E-state index contributed by atoms with van der Waals surface area (Å²) in [5.74, 6) is 0.849. The van der Waals surface area contributed by atoms with Gasteiger partial charge < -0.3 is 19.9 Å². The summed E-state index contributed by atoms with van der Waals surface area (Å²) in [6, 6.07) is 0.450. The zero-order valence-electron chi connectivity index (χ0n) is 14.9. The molecule has 8 heteroatoms. The van der Waals surface area contributed by atoms with E-state index in [0.717, 1.165) is 45.0 Å². The average molecular weight is 350 g/mol. The summed E-state index contributed by atoms with van der Waals surface area (Å²) >= 11 is 0. The van der Waals surface area contributed by atoms with Crippen LogP contribution in [-0.4, -0.2) is 75.0 Å². The smallest absolute Gasteiger partial charge is 0.317 e. The lowest BCUT2D eigenvalue weighted by molar-refractivity contribution is 0.132. The number of amides is 2. The van der Waals surface area contributed by atoms with Crippen LogP contribution in [0.3, 0.4) is 0 Å². The highest BCUT2D eigenvalue weighted by Crippen LogP contribution is 2.28. The van der Waals surface area contributed by atoms with Gasteiger partial charge >= 0.3 is 6.03 Å². The molecule has 0 radical (unpaired) electrons. The monoisotopic (exact) mass is 350 g/mol. The Morgan fingerprint density at radius 3 is 2.68 bits per heavy atom. The molecule has 1 aliphatic carbocycles.